The molecule has 1 heterocycles. The minimum Gasteiger partial charge on any atom is -0.305 e. The summed E-state index contributed by atoms with van der Waals surface area (Å²) in [6.07, 6.45) is 1.85. The van der Waals surface area contributed by atoms with Crippen molar-refractivity contribution >= 4 is 0 Å². The Morgan fingerprint density at radius 3 is 0.696 bits per heavy atom. The van der Waals surface area contributed by atoms with Gasteiger partial charge in [0, 0.05) is 26.3 Å². The van der Waals surface area contributed by atoms with Gasteiger partial charge in [0.2, 0.25) is 0 Å². The van der Waals surface area contributed by atoms with Gasteiger partial charge in [0.15, 0.2) is 0 Å². The summed E-state index contributed by atoms with van der Waals surface area (Å²) in [5.41, 5.74) is 27.1. The molecule has 0 saturated heterocycles. The van der Waals surface area contributed by atoms with Crippen LogP contribution in [0.4, 0.5) is 0 Å². The first-order chi connectivity index (χ1) is 38.6. The van der Waals surface area contributed by atoms with Crippen molar-refractivity contribution in [1.82, 2.24) is 4.98 Å². The number of hydrogen-bond acceptors (Lipinski definition) is 1. The van der Waals surface area contributed by atoms with E-state index in [1.54, 1.807) is 0 Å². The Hall–Kier alpha value is -9.56. The molecule has 0 aliphatic carbocycles. The Morgan fingerprint density at radius 2 is 0.418 bits per heavy atom. The van der Waals surface area contributed by atoms with Gasteiger partial charge < -0.3 is 4.98 Å². The third-order valence-electron chi connectivity index (χ3n) is 14.8. The van der Waals surface area contributed by atoms with E-state index >= 15 is 0 Å². The van der Waals surface area contributed by atoms with E-state index in [1.807, 2.05) is 24.4 Å². The SMILES string of the molecule is [Ir].[c-]1ccc(-c2cc(-c3cc(-c4cccc(-c5ccccc5)c4)cc(-c4cccc(-c5ccccc5)c4)c3)cc(-c3cc(-c4cccc(-c5ccccc5)c4)cc(-c4cccc(-c5ccccc5)c4)c3)c2)cc1-c1ccccn1. The van der Waals surface area contributed by atoms with Gasteiger partial charge in [0.25, 0.3) is 0 Å². The number of aromatic nitrogens is 1. The normalized spacial score (nSPS) is 10.9. The molecule has 12 aromatic carbocycles. The Morgan fingerprint density at radius 1 is 0.190 bits per heavy atom. The summed E-state index contributed by atoms with van der Waals surface area (Å²) >= 11 is 0. The number of benzene rings is 12. The van der Waals surface area contributed by atoms with Crippen molar-refractivity contribution in [1.29, 1.82) is 0 Å². The second kappa shape index (κ2) is 23.0. The maximum atomic E-state index is 4.74. The first-order valence-corrected chi connectivity index (χ1v) is 26.6. The molecule has 375 valence electrons. The average Bonchev–Trinajstić information content (AvgIpc) is 3.58. The fourth-order valence-electron chi connectivity index (χ4n) is 10.7. The summed E-state index contributed by atoms with van der Waals surface area (Å²) in [4.78, 5) is 4.74. The molecule has 1 nitrogen and oxygen atoms in total. The predicted octanol–water partition coefficient (Wildman–Crippen LogP) is 20.9. The van der Waals surface area contributed by atoms with E-state index in [-0.39, 0.29) is 20.1 Å². The molecule has 0 N–H and O–H groups in total. The van der Waals surface area contributed by atoms with Crippen LogP contribution in [0.25, 0.3) is 134 Å². The predicted molar refractivity (Wildman–Crippen MR) is 328 cm³/mol. The minimum atomic E-state index is 0. The first kappa shape index (κ1) is 50.3. The molecule has 0 aliphatic heterocycles. The maximum absolute atomic E-state index is 4.74. The zero-order chi connectivity index (χ0) is 52.0. The molecular formula is C77H52IrN-. The van der Waals surface area contributed by atoms with Crippen LogP contribution in [0, 0.1) is 6.07 Å². The fourth-order valence-corrected chi connectivity index (χ4v) is 10.7. The summed E-state index contributed by atoms with van der Waals surface area (Å²) in [5.74, 6) is 0. The van der Waals surface area contributed by atoms with Gasteiger partial charge in [-0.15, -0.1) is 35.4 Å². The van der Waals surface area contributed by atoms with Crippen LogP contribution in [0.3, 0.4) is 0 Å². The van der Waals surface area contributed by atoms with E-state index in [0.717, 1.165) is 89.1 Å². The molecule has 1 radical (unpaired) electrons. The summed E-state index contributed by atoms with van der Waals surface area (Å²) in [5, 5.41) is 0. The van der Waals surface area contributed by atoms with Crippen molar-refractivity contribution in [3.05, 3.63) is 322 Å². The van der Waals surface area contributed by atoms with Gasteiger partial charge in [-0.1, -0.05) is 206 Å². The van der Waals surface area contributed by atoms with Crippen molar-refractivity contribution in [3.63, 3.8) is 0 Å². The molecule has 2 heteroatoms. The van der Waals surface area contributed by atoms with Crippen LogP contribution in [-0.2, 0) is 20.1 Å². The molecule has 0 atom stereocenters. The summed E-state index contributed by atoms with van der Waals surface area (Å²) in [6, 6.07) is 116. The van der Waals surface area contributed by atoms with Crippen LogP contribution in [-0.4, -0.2) is 4.98 Å². The smallest absolute Gasteiger partial charge is 0.0160 e. The molecule has 0 bridgehead atoms. The van der Waals surface area contributed by atoms with Gasteiger partial charge in [0.1, 0.15) is 0 Å². The number of rotatable bonds is 12. The van der Waals surface area contributed by atoms with Crippen LogP contribution >= 0.6 is 0 Å². The zero-order valence-electron chi connectivity index (χ0n) is 43.3. The number of pyridine rings is 1. The largest absolute Gasteiger partial charge is 0.305 e. The summed E-state index contributed by atoms with van der Waals surface area (Å²) < 4.78 is 0. The second-order valence-electron chi connectivity index (χ2n) is 19.9. The van der Waals surface area contributed by atoms with E-state index in [0.29, 0.717) is 0 Å². The Kier molecular flexibility index (Phi) is 14.6. The molecule has 0 aliphatic rings. The molecule has 13 rings (SSSR count). The maximum Gasteiger partial charge on any atom is 0.0160 e. The Balaban J connectivity index is 0.00000623. The van der Waals surface area contributed by atoms with Gasteiger partial charge in [-0.25, -0.2) is 0 Å². The summed E-state index contributed by atoms with van der Waals surface area (Å²) in [7, 11) is 0. The van der Waals surface area contributed by atoms with Gasteiger partial charge in [-0.3, -0.25) is 0 Å². The van der Waals surface area contributed by atoms with Crippen LogP contribution in [0.2, 0.25) is 0 Å². The van der Waals surface area contributed by atoms with Gasteiger partial charge >= 0.3 is 0 Å². The molecule has 0 unspecified atom stereocenters. The third kappa shape index (κ3) is 11.2. The van der Waals surface area contributed by atoms with E-state index in [9.17, 15) is 0 Å². The van der Waals surface area contributed by atoms with Gasteiger partial charge in [0.05, 0.1) is 0 Å². The fraction of sp³-hybridized carbons (Fsp3) is 0. The van der Waals surface area contributed by atoms with Crippen molar-refractivity contribution in [2.75, 3.05) is 0 Å². The van der Waals surface area contributed by atoms with E-state index in [2.05, 4.69) is 297 Å². The molecule has 0 fully saturated rings. The molecule has 0 amide bonds. The number of hydrogen-bond donors (Lipinski definition) is 0. The minimum absolute atomic E-state index is 0. The molecule has 1 aromatic heterocycles. The molecule has 0 spiro atoms. The van der Waals surface area contributed by atoms with Crippen LogP contribution in [0.5, 0.6) is 0 Å². The monoisotopic (exact) mass is 1180 g/mol. The first-order valence-electron chi connectivity index (χ1n) is 26.6. The van der Waals surface area contributed by atoms with Crippen molar-refractivity contribution < 1.29 is 20.1 Å². The summed E-state index contributed by atoms with van der Waals surface area (Å²) in [6.45, 7) is 0. The van der Waals surface area contributed by atoms with E-state index < -0.39 is 0 Å². The van der Waals surface area contributed by atoms with Crippen LogP contribution < -0.4 is 0 Å². The van der Waals surface area contributed by atoms with Gasteiger partial charge in [-0.05, 0) is 207 Å². The molecule has 0 saturated carbocycles. The van der Waals surface area contributed by atoms with E-state index in [1.165, 1.54) is 44.5 Å². The third-order valence-corrected chi connectivity index (χ3v) is 14.8. The van der Waals surface area contributed by atoms with Gasteiger partial charge in [-0.2, -0.15) is 0 Å². The molecule has 79 heavy (non-hydrogen) atoms. The second-order valence-corrected chi connectivity index (χ2v) is 19.9. The molecular weight excluding hydrogens is 1130 g/mol. The topological polar surface area (TPSA) is 12.9 Å². The van der Waals surface area contributed by atoms with Crippen molar-refractivity contribution in [2.45, 2.75) is 0 Å². The Labute approximate surface area is 477 Å². The van der Waals surface area contributed by atoms with E-state index in [4.69, 9.17) is 4.98 Å². The average molecular weight is 1180 g/mol. The zero-order valence-corrected chi connectivity index (χ0v) is 45.7. The van der Waals surface area contributed by atoms with Crippen molar-refractivity contribution in [3.8, 4) is 134 Å². The van der Waals surface area contributed by atoms with Crippen LogP contribution in [0.1, 0.15) is 0 Å². The standard InChI is InChI=1S/C77H52N.Ir/c1-5-20-54(21-6-1)58-28-15-32-62(40-58)68-45-69(63-33-16-29-59(41-63)55-22-7-2-8-23-55)48-73(47-68)75-51-72(66-36-19-37-67(44-66)77-38-13-14-39-78-77)52-76(53-75)74-49-70(64-34-17-30-60(42-64)56-24-9-3-10-25-56)46-71(50-74)65-35-18-31-61(43-65)57-26-11-4-12-27-57;/h1-36,38-53H;/q-1;. The number of nitrogens with zero attached hydrogens (tertiary/aromatic N) is 1. The Bertz CT molecular complexity index is 3790. The quantitative estimate of drug-likeness (QED) is 0.111. The molecule has 13 aromatic rings. The van der Waals surface area contributed by atoms with Crippen LogP contribution in [0.15, 0.2) is 316 Å². The van der Waals surface area contributed by atoms with Crippen molar-refractivity contribution in [2.24, 2.45) is 0 Å².